The van der Waals surface area contributed by atoms with Crippen molar-refractivity contribution in [1.82, 2.24) is 9.13 Å². The Hall–Kier alpha value is -9.70. The highest BCUT2D eigenvalue weighted by molar-refractivity contribution is 6.26. The van der Waals surface area contributed by atoms with Gasteiger partial charge in [0.25, 0.3) is 0 Å². The summed E-state index contributed by atoms with van der Waals surface area (Å²) >= 11 is 0. The zero-order valence-electron chi connectivity index (χ0n) is 45.5. The van der Waals surface area contributed by atoms with Gasteiger partial charge in [0.2, 0.25) is 0 Å². The summed E-state index contributed by atoms with van der Waals surface area (Å²) in [5.41, 5.74) is 24.8. The van der Waals surface area contributed by atoms with E-state index in [0.717, 1.165) is 56.1 Å². The van der Waals surface area contributed by atoms with Crippen molar-refractivity contribution < 1.29 is 0 Å². The van der Waals surface area contributed by atoms with Crippen molar-refractivity contribution in [3.8, 4) is 39.1 Å². The van der Waals surface area contributed by atoms with Crippen LogP contribution < -0.4 is 4.90 Å². The van der Waals surface area contributed by atoms with E-state index in [9.17, 15) is 0 Å². The molecule has 1 atom stereocenters. The molecule has 0 amide bonds. The molecule has 79 heavy (non-hydrogen) atoms. The van der Waals surface area contributed by atoms with Crippen molar-refractivity contribution in [3.05, 3.63) is 301 Å². The smallest absolute Gasteiger partial charge is 0.0789 e. The summed E-state index contributed by atoms with van der Waals surface area (Å²) in [4.78, 5) is 2.48. The number of nitrogens with zero attached hydrogens (tertiary/aromatic N) is 3. The summed E-state index contributed by atoms with van der Waals surface area (Å²) in [5, 5.41) is 4.83. The summed E-state index contributed by atoms with van der Waals surface area (Å²) < 4.78 is 4.90. The Morgan fingerprint density at radius 3 is 1.76 bits per heavy atom. The predicted molar refractivity (Wildman–Crippen MR) is 339 cm³/mol. The van der Waals surface area contributed by atoms with Gasteiger partial charge in [0.1, 0.15) is 0 Å². The van der Waals surface area contributed by atoms with Gasteiger partial charge in [0.15, 0.2) is 0 Å². The first-order valence-electron chi connectivity index (χ1n) is 27.8. The fraction of sp³-hybridized carbons (Fsp3) is 0.0789. The molecule has 14 rings (SSSR count). The lowest BCUT2D eigenvalue weighted by Gasteiger charge is -2.32. The van der Waals surface area contributed by atoms with Crippen molar-refractivity contribution in [2.24, 2.45) is 0 Å². The van der Waals surface area contributed by atoms with Crippen molar-refractivity contribution in [2.75, 3.05) is 4.90 Å². The summed E-state index contributed by atoms with van der Waals surface area (Å²) in [7, 11) is 0. The normalized spacial score (nSPS) is 14.7. The van der Waals surface area contributed by atoms with Gasteiger partial charge in [-0.25, -0.2) is 0 Å². The Labute approximate surface area is 464 Å². The predicted octanol–water partition coefficient (Wildman–Crippen LogP) is 21.0. The zero-order valence-corrected chi connectivity index (χ0v) is 45.5. The van der Waals surface area contributed by atoms with Gasteiger partial charge >= 0.3 is 0 Å². The summed E-state index contributed by atoms with van der Waals surface area (Å²) in [6, 6.07) is 85.3. The summed E-state index contributed by atoms with van der Waals surface area (Å²) in [5.74, 6) is 0. The first-order valence-corrected chi connectivity index (χ1v) is 27.8. The van der Waals surface area contributed by atoms with Crippen LogP contribution in [0, 0.1) is 0 Å². The number of anilines is 3. The molecule has 0 aliphatic heterocycles. The quantitative estimate of drug-likeness (QED) is 0.124. The molecule has 2 aliphatic rings. The van der Waals surface area contributed by atoms with E-state index in [4.69, 9.17) is 0 Å². The van der Waals surface area contributed by atoms with E-state index >= 15 is 0 Å². The molecule has 1 unspecified atom stereocenters. The number of aromatic nitrogens is 2. The second-order valence-electron chi connectivity index (χ2n) is 20.3. The van der Waals surface area contributed by atoms with Crippen molar-refractivity contribution in [1.29, 1.82) is 0 Å². The Kier molecular flexibility index (Phi) is 12.4. The minimum absolute atomic E-state index is 0.463. The lowest BCUT2D eigenvalue weighted by Crippen LogP contribution is -2.26. The molecule has 3 heteroatoms. The van der Waals surface area contributed by atoms with Gasteiger partial charge in [-0.05, 0) is 149 Å². The molecular weight excluding hydrogens is 955 g/mol. The molecule has 0 saturated heterocycles. The Balaban J connectivity index is 0.00000293. The maximum atomic E-state index is 4.15. The first-order chi connectivity index (χ1) is 39.0. The van der Waals surface area contributed by atoms with Gasteiger partial charge in [-0.1, -0.05) is 221 Å². The molecule has 2 aromatic heterocycles. The van der Waals surface area contributed by atoms with Gasteiger partial charge in [-0.3, -0.25) is 0 Å². The Morgan fingerprint density at radius 2 is 1.05 bits per heavy atom. The van der Waals surface area contributed by atoms with Crippen LogP contribution in [0.1, 0.15) is 56.9 Å². The van der Waals surface area contributed by atoms with Gasteiger partial charge in [0.05, 0.1) is 33.2 Å². The second kappa shape index (κ2) is 20.0. The molecule has 2 aliphatic carbocycles. The molecule has 0 N–H and O–H groups in total. The van der Waals surface area contributed by atoms with E-state index in [-0.39, 0.29) is 0 Å². The molecular formula is C76H61N3. The maximum Gasteiger partial charge on any atom is 0.0789 e. The topological polar surface area (TPSA) is 13.1 Å². The van der Waals surface area contributed by atoms with Crippen LogP contribution in [-0.4, -0.2) is 9.13 Å². The van der Waals surface area contributed by atoms with Crippen LogP contribution in [0.4, 0.5) is 17.1 Å². The highest BCUT2D eigenvalue weighted by Gasteiger charge is 2.52. The Bertz CT molecular complexity index is 4460. The van der Waals surface area contributed by atoms with Crippen LogP contribution in [0.15, 0.2) is 279 Å². The van der Waals surface area contributed by atoms with E-state index in [0.29, 0.717) is 0 Å². The monoisotopic (exact) mass is 1020 g/mol. The SMILES string of the molecule is C=C/C=C(\C=C/C)n1c2ccccc2c2ccc3c4c(-c5ccc(N(c6ccc(-c7ccccc7)cc6)c6cccc7c6-c6ccccc6C76C(/C=C\C)=C(C)c7ccccc76)cc5)cccc4n(-c4ccccc4)c3c21.CC. The van der Waals surface area contributed by atoms with Gasteiger partial charge in [-0.15, -0.1) is 0 Å². The number of para-hydroxylation sites is 2. The van der Waals surface area contributed by atoms with E-state index in [1.54, 1.807) is 0 Å². The number of hydrogen-bond acceptors (Lipinski definition) is 1. The van der Waals surface area contributed by atoms with E-state index < -0.39 is 5.41 Å². The van der Waals surface area contributed by atoms with Crippen LogP contribution in [0.2, 0.25) is 0 Å². The lowest BCUT2D eigenvalue weighted by atomic mass is 9.69. The number of hydrogen-bond donors (Lipinski definition) is 0. The minimum atomic E-state index is -0.463. The van der Waals surface area contributed by atoms with Crippen LogP contribution in [-0.2, 0) is 5.41 Å². The highest BCUT2D eigenvalue weighted by Crippen LogP contribution is 2.64. The number of benzene rings is 10. The van der Waals surface area contributed by atoms with Crippen LogP contribution in [0.3, 0.4) is 0 Å². The maximum absolute atomic E-state index is 4.15. The third-order valence-electron chi connectivity index (χ3n) is 16.3. The summed E-state index contributed by atoms with van der Waals surface area (Å²) in [6.07, 6.45) is 12.9. The van der Waals surface area contributed by atoms with Crippen molar-refractivity contribution in [2.45, 2.75) is 40.0 Å². The number of allylic oxidation sites excluding steroid dienone is 9. The molecule has 12 aromatic rings. The van der Waals surface area contributed by atoms with Crippen molar-refractivity contribution >= 4 is 71.9 Å². The molecule has 0 radical (unpaired) electrons. The van der Waals surface area contributed by atoms with Crippen LogP contribution >= 0.6 is 0 Å². The fourth-order valence-electron chi connectivity index (χ4n) is 13.3. The van der Waals surface area contributed by atoms with Crippen LogP contribution in [0.25, 0.3) is 93.9 Å². The largest absolute Gasteiger partial charge is 0.310 e. The third-order valence-corrected chi connectivity index (χ3v) is 16.3. The average molecular weight is 1020 g/mol. The lowest BCUT2D eigenvalue weighted by molar-refractivity contribution is 0.785. The van der Waals surface area contributed by atoms with E-state index in [1.165, 1.54) is 82.8 Å². The molecule has 1 spiro atoms. The van der Waals surface area contributed by atoms with E-state index in [1.807, 2.05) is 19.9 Å². The molecule has 3 nitrogen and oxygen atoms in total. The standard InChI is InChI=1S/C74H55N3.C2H6/c1-5-22-53(23-6-2)76-67-36-19-16-30-59(67)60-47-48-62-70-58(32-20-37-68(70)77(73(62)72(60)76)54-27-12-9-13-28-54)52-41-45-56(46-42-52)75(55-43-39-51(40-44-55)50-25-10-8-11-26-50)69-38-21-35-66-71(69)61-31-15-18-34-65(61)74(66)63(24-7-3)49(4)57-29-14-17-33-64(57)74;1-2/h5-48H,1H2,2-4H3;1-2H3/b23-6-,24-7-,53-22+;. The Morgan fingerprint density at radius 1 is 0.481 bits per heavy atom. The average Bonchev–Trinajstić information content (AvgIpc) is 3.89. The molecule has 0 fully saturated rings. The minimum Gasteiger partial charge on any atom is -0.310 e. The summed E-state index contributed by atoms with van der Waals surface area (Å²) in [6.45, 7) is 14.7. The molecule has 380 valence electrons. The first kappa shape index (κ1) is 48.9. The zero-order chi connectivity index (χ0) is 53.8. The highest BCUT2D eigenvalue weighted by atomic mass is 15.1. The van der Waals surface area contributed by atoms with E-state index in [2.05, 4.69) is 302 Å². The second-order valence-corrected chi connectivity index (χ2v) is 20.3. The fourth-order valence-corrected chi connectivity index (χ4v) is 13.3. The van der Waals surface area contributed by atoms with Gasteiger partial charge < -0.3 is 14.0 Å². The third kappa shape index (κ3) is 7.41. The van der Waals surface area contributed by atoms with Crippen molar-refractivity contribution in [3.63, 3.8) is 0 Å². The molecule has 2 heterocycles. The molecule has 0 bridgehead atoms. The molecule has 0 saturated carbocycles. The molecule has 10 aromatic carbocycles. The van der Waals surface area contributed by atoms with Crippen LogP contribution in [0.5, 0.6) is 0 Å². The number of rotatable bonds is 10. The van der Waals surface area contributed by atoms with Gasteiger partial charge in [0, 0.05) is 49.9 Å². The van der Waals surface area contributed by atoms with Gasteiger partial charge in [-0.2, -0.15) is 0 Å². The number of fused-ring (bicyclic) bond motifs is 14.